The van der Waals surface area contributed by atoms with Crippen molar-refractivity contribution in [3.8, 4) is 11.5 Å². The van der Waals surface area contributed by atoms with Crippen molar-refractivity contribution < 1.29 is 19.4 Å². The zero-order valence-electron chi connectivity index (χ0n) is 15.6. The van der Waals surface area contributed by atoms with Gasteiger partial charge in [-0.15, -0.1) is 0 Å². The lowest BCUT2D eigenvalue weighted by atomic mass is 10.1. The Kier molecular flexibility index (Phi) is 6.32. The highest BCUT2D eigenvalue weighted by Gasteiger charge is 2.14. The first kappa shape index (κ1) is 20.2. The van der Waals surface area contributed by atoms with E-state index < -0.39 is 11.9 Å². The van der Waals surface area contributed by atoms with Gasteiger partial charge in [0.15, 0.2) is 0 Å². The maximum absolute atomic E-state index is 12.3. The fourth-order valence-corrected chi connectivity index (χ4v) is 2.80. The number of para-hydroxylation sites is 1. The summed E-state index contributed by atoms with van der Waals surface area (Å²) in [5.41, 5.74) is 1.55. The van der Waals surface area contributed by atoms with E-state index >= 15 is 0 Å². The normalized spacial score (nSPS) is 11.0. The number of carbonyl (C=O) groups is 2. The predicted molar refractivity (Wildman–Crippen MR) is 112 cm³/mol. The van der Waals surface area contributed by atoms with Crippen LogP contribution >= 0.6 is 11.6 Å². The molecule has 2 N–H and O–H groups in total. The Labute approximate surface area is 173 Å². The highest BCUT2D eigenvalue weighted by molar-refractivity contribution is 6.32. The van der Waals surface area contributed by atoms with Gasteiger partial charge in [0.2, 0.25) is 0 Å². The van der Waals surface area contributed by atoms with Gasteiger partial charge >= 0.3 is 5.97 Å². The Morgan fingerprint density at radius 3 is 2.31 bits per heavy atom. The molecule has 1 amide bonds. The van der Waals surface area contributed by atoms with Crippen LogP contribution in [-0.2, 0) is 4.79 Å². The van der Waals surface area contributed by atoms with Crippen molar-refractivity contribution in [3.63, 3.8) is 0 Å². The second-order valence-corrected chi connectivity index (χ2v) is 6.65. The average molecular weight is 408 g/mol. The molecular formula is C23H18ClNO4. The Morgan fingerprint density at radius 2 is 1.66 bits per heavy atom. The summed E-state index contributed by atoms with van der Waals surface area (Å²) in [6, 6.07) is 20.7. The zero-order chi connectivity index (χ0) is 20.8. The van der Waals surface area contributed by atoms with Gasteiger partial charge in [0, 0.05) is 5.56 Å². The number of benzene rings is 3. The number of carboxylic acid groups (broad SMARTS) is 1. The average Bonchev–Trinajstić information content (AvgIpc) is 2.71. The molecule has 3 aromatic rings. The van der Waals surface area contributed by atoms with Gasteiger partial charge < -0.3 is 15.2 Å². The van der Waals surface area contributed by atoms with Gasteiger partial charge in [-0.2, -0.15) is 0 Å². The van der Waals surface area contributed by atoms with Crippen LogP contribution in [0, 0.1) is 6.92 Å². The first-order valence-electron chi connectivity index (χ1n) is 8.78. The van der Waals surface area contributed by atoms with Crippen molar-refractivity contribution in [2.75, 3.05) is 0 Å². The molecule has 0 aliphatic rings. The van der Waals surface area contributed by atoms with Gasteiger partial charge in [-0.25, -0.2) is 4.79 Å². The molecule has 0 heterocycles. The molecular weight excluding hydrogens is 390 g/mol. The molecule has 0 aliphatic carbocycles. The van der Waals surface area contributed by atoms with Crippen LogP contribution in [0.5, 0.6) is 11.5 Å². The van der Waals surface area contributed by atoms with Crippen molar-refractivity contribution in [3.05, 3.63) is 100 Å². The summed E-state index contributed by atoms with van der Waals surface area (Å²) in [6.45, 7) is 1.84. The number of carbonyl (C=O) groups excluding carboxylic acids is 1. The third kappa shape index (κ3) is 5.24. The Bertz CT molecular complexity index is 1080. The van der Waals surface area contributed by atoms with Crippen LogP contribution in [0.4, 0.5) is 0 Å². The Hall–Kier alpha value is -3.57. The van der Waals surface area contributed by atoms with Gasteiger partial charge in [-0.3, -0.25) is 4.79 Å². The zero-order valence-corrected chi connectivity index (χ0v) is 16.3. The predicted octanol–water partition coefficient (Wildman–Crippen LogP) is 5.30. The number of aliphatic carboxylic acids is 1. The summed E-state index contributed by atoms with van der Waals surface area (Å²) in [6.07, 6.45) is 1.40. The molecule has 0 aromatic heterocycles. The van der Waals surface area contributed by atoms with E-state index in [4.69, 9.17) is 16.3 Å². The molecule has 0 atom stereocenters. The lowest BCUT2D eigenvalue weighted by Crippen LogP contribution is -2.27. The minimum absolute atomic E-state index is 0.224. The molecule has 0 aliphatic heterocycles. The third-order valence-corrected chi connectivity index (χ3v) is 4.39. The Morgan fingerprint density at radius 1 is 0.966 bits per heavy atom. The third-order valence-electron chi connectivity index (χ3n) is 4.08. The van der Waals surface area contributed by atoms with Gasteiger partial charge in [-0.1, -0.05) is 48.0 Å². The summed E-state index contributed by atoms with van der Waals surface area (Å²) in [5, 5.41) is 12.4. The summed E-state index contributed by atoms with van der Waals surface area (Å²) in [5.74, 6) is -0.597. The fourth-order valence-electron chi connectivity index (χ4n) is 2.62. The quantitative estimate of drug-likeness (QED) is 0.544. The Balaban J connectivity index is 1.81. The van der Waals surface area contributed by atoms with Crippen LogP contribution in [0.3, 0.4) is 0 Å². The number of carboxylic acids is 1. The van der Waals surface area contributed by atoms with E-state index in [0.717, 1.165) is 5.56 Å². The number of halogens is 1. The molecule has 0 saturated carbocycles. The van der Waals surface area contributed by atoms with Crippen LogP contribution in [0.2, 0.25) is 5.02 Å². The number of aryl methyl sites for hydroxylation is 1. The molecule has 0 saturated heterocycles. The molecule has 3 rings (SSSR count). The molecule has 6 heteroatoms. The van der Waals surface area contributed by atoms with Gasteiger partial charge in [0.05, 0.1) is 5.02 Å². The minimum Gasteiger partial charge on any atom is -0.477 e. The highest BCUT2D eigenvalue weighted by Crippen LogP contribution is 2.31. The standard InChI is InChI=1S/C23H18ClNO4/c1-15-13-16(11-12-20(15)29-21-10-6-5-9-18(21)24)14-19(23(27)28)25-22(26)17-7-3-2-4-8-17/h2-14H,1H3,(H,25,26)(H,27,28)/b19-14-. The maximum atomic E-state index is 12.3. The van der Waals surface area contributed by atoms with Crippen molar-refractivity contribution in [1.82, 2.24) is 5.32 Å². The van der Waals surface area contributed by atoms with Crippen molar-refractivity contribution in [2.45, 2.75) is 6.92 Å². The van der Waals surface area contributed by atoms with Gasteiger partial charge in [0.1, 0.15) is 17.2 Å². The molecule has 0 fully saturated rings. The van der Waals surface area contributed by atoms with E-state index in [2.05, 4.69) is 5.32 Å². The molecule has 0 unspecified atom stereocenters. The number of hydrogen-bond donors (Lipinski definition) is 2. The number of nitrogens with one attached hydrogen (secondary N) is 1. The molecule has 0 radical (unpaired) electrons. The molecule has 0 spiro atoms. The van der Waals surface area contributed by atoms with Crippen molar-refractivity contribution >= 4 is 29.6 Å². The highest BCUT2D eigenvalue weighted by atomic mass is 35.5. The van der Waals surface area contributed by atoms with E-state index in [1.807, 2.05) is 19.1 Å². The maximum Gasteiger partial charge on any atom is 0.352 e. The summed E-state index contributed by atoms with van der Waals surface area (Å²) >= 11 is 6.12. The van der Waals surface area contributed by atoms with E-state index in [-0.39, 0.29) is 5.70 Å². The molecule has 146 valence electrons. The lowest BCUT2D eigenvalue weighted by molar-refractivity contribution is -0.132. The smallest absolute Gasteiger partial charge is 0.352 e. The molecule has 0 bridgehead atoms. The second kappa shape index (κ2) is 9.08. The van der Waals surface area contributed by atoms with Crippen molar-refractivity contribution in [1.29, 1.82) is 0 Å². The summed E-state index contributed by atoms with van der Waals surface area (Å²) in [4.78, 5) is 23.8. The van der Waals surface area contributed by atoms with Gasteiger partial charge in [0.25, 0.3) is 5.91 Å². The molecule has 5 nitrogen and oxygen atoms in total. The van der Waals surface area contributed by atoms with E-state index in [0.29, 0.717) is 27.6 Å². The van der Waals surface area contributed by atoms with Crippen LogP contribution in [0.15, 0.2) is 78.5 Å². The number of hydrogen-bond acceptors (Lipinski definition) is 3. The second-order valence-electron chi connectivity index (χ2n) is 6.24. The van der Waals surface area contributed by atoms with Gasteiger partial charge in [-0.05, 0) is 60.5 Å². The lowest BCUT2D eigenvalue weighted by Gasteiger charge is -2.11. The van der Waals surface area contributed by atoms with E-state index in [1.165, 1.54) is 6.08 Å². The summed E-state index contributed by atoms with van der Waals surface area (Å²) in [7, 11) is 0. The number of rotatable bonds is 6. The summed E-state index contributed by atoms with van der Waals surface area (Å²) < 4.78 is 5.83. The first-order chi connectivity index (χ1) is 13.9. The minimum atomic E-state index is -1.23. The van der Waals surface area contributed by atoms with Crippen molar-refractivity contribution in [2.24, 2.45) is 0 Å². The molecule has 29 heavy (non-hydrogen) atoms. The van der Waals surface area contributed by atoms with E-state index in [1.54, 1.807) is 60.7 Å². The fraction of sp³-hybridized carbons (Fsp3) is 0.0435. The largest absolute Gasteiger partial charge is 0.477 e. The van der Waals surface area contributed by atoms with Crippen LogP contribution in [-0.4, -0.2) is 17.0 Å². The van der Waals surface area contributed by atoms with Crippen LogP contribution < -0.4 is 10.1 Å². The topological polar surface area (TPSA) is 75.6 Å². The number of ether oxygens (including phenoxy) is 1. The van der Waals surface area contributed by atoms with Crippen LogP contribution in [0.25, 0.3) is 6.08 Å². The first-order valence-corrected chi connectivity index (χ1v) is 9.16. The SMILES string of the molecule is Cc1cc(/C=C(\NC(=O)c2ccccc2)C(=O)O)ccc1Oc1ccccc1Cl. The van der Waals surface area contributed by atoms with Crippen LogP contribution in [0.1, 0.15) is 21.5 Å². The van der Waals surface area contributed by atoms with E-state index in [9.17, 15) is 14.7 Å². The molecule has 3 aromatic carbocycles. The number of amides is 1. The monoisotopic (exact) mass is 407 g/mol.